The van der Waals surface area contributed by atoms with Crippen molar-refractivity contribution < 1.29 is 42.9 Å². The molecule has 0 spiro atoms. The van der Waals surface area contributed by atoms with Gasteiger partial charge in [-0.15, -0.1) is 0 Å². The molecule has 14 heteroatoms. The van der Waals surface area contributed by atoms with Crippen molar-refractivity contribution in [1.29, 1.82) is 0 Å². The molecular weight excluding hydrogens is 514 g/mol. The van der Waals surface area contributed by atoms with Crippen molar-refractivity contribution in [3.8, 4) is 0 Å². The van der Waals surface area contributed by atoms with E-state index in [4.69, 9.17) is 24.7 Å². The molecule has 2 aliphatic rings. The van der Waals surface area contributed by atoms with Gasteiger partial charge in [0.2, 0.25) is 17.7 Å². The molecule has 1 atom stereocenters. The molecule has 0 bridgehead atoms. The Bertz CT molecular complexity index is 1040. The van der Waals surface area contributed by atoms with Crippen LogP contribution in [-0.2, 0) is 33.3 Å². The van der Waals surface area contributed by atoms with E-state index in [1.54, 1.807) is 12.1 Å². The van der Waals surface area contributed by atoms with Crippen molar-refractivity contribution in [2.75, 3.05) is 77.8 Å². The molecule has 1 aromatic rings. The molecule has 0 aliphatic carbocycles. The van der Waals surface area contributed by atoms with Crippen molar-refractivity contribution in [3.05, 3.63) is 29.3 Å². The van der Waals surface area contributed by atoms with Gasteiger partial charge in [-0.05, 0) is 18.6 Å². The Morgan fingerprint density at radius 3 is 2.21 bits per heavy atom. The molecule has 2 aliphatic heterocycles. The molecule has 214 valence electrons. The first kappa shape index (κ1) is 30.1. The van der Waals surface area contributed by atoms with Gasteiger partial charge in [0.15, 0.2) is 0 Å². The van der Waals surface area contributed by atoms with Crippen LogP contribution in [0.4, 0.5) is 5.69 Å². The number of fused-ring (bicyclic) bond motifs is 1. The maximum absolute atomic E-state index is 13.1. The molecule has 14 nitrogen and oxygen atoms in total. The predicted octanol–water partition coefficient (Wildman–Crippen LogP) is -1.36. The van der Waals surface area contributed by atoms with Crippen molar-refractivity contribution in [3.63, 3.8) is 0 Å². The standard InChI is InChI=1S/C25H35N5O9/c26-6-8-36-10-12-38-14-15-39-13-11-37-9-7-27-21(32)16-28-18-3-1-2-17-22(18)25(35)30(24(17)34)19-4-5-20(31)29-23(19)33/h1-3,19,28H,4-16,26H2,(H,27,32)(H,29,31,33). The number of rotatable bonds is 18. The maximum atomic E-state index is 13.1. The number of imide groups is 2. The third kappa shape index (κ3) is 8.80. The second kappa shape index (κ2) is 15.9. The normalized spacial score (nSPS) is 16.8. The Balaban J connectivity index is 1.31. The highest BCUT2D eigenvalue weighted by molar-refractivity contribution is 6.25. The minimum Gasteiger partial charge on any atom is -0.378 e. The van der Waals surface area contributed by atoms with Crippen LogP contribution in [-0.4, -0.2) is 113 Å². The van der Waals surface area contributed by atoms with Gasteiger partial charge in [-0.3, -0.25) is 34.2 Å². The molecule has 39 heavy (non-hydrogen) atoms. The smallest absolute Gasteiger partial charge is 0.264 e. The first-order valence-electron chi connectivity index (χ1n) is 12.8. The summed E-state index contributed by atoms with van der Waals surface area (Å²) in [5.74, 6) is -2.72. The number of amides is 5. The molecule has 0 radical (unpaired) electrons. The zero-order valence-corrected chi connectivity index (χ0v) is 21.7. The topological polar surface area (TPSA) is 188 Å². The Labute approximate surface area is 225 Å². The number of nitrogens with one attached hydrogen (secondary N) is 3. The van der Waals surface area contributed by atoms with Crippen LogP contribution >= 0.6 is 0 Å². The summed E-state index contributed by atoms with van der Waals surface area (Å²) in [4.78, 5) is 62.7. The van der Waals surface area contributed by atoms with Crippen LogP contribution < -0.4 is 21.7 Å². The Morgan fingerprint density at radius 1 is 0.923 bits per heavy atom. The Morgan fingerprint density at radius 2 is 1.56 bits per heavy atom. The fourth-order valence-electron chi connectivity index (χ4n) is 4.01. The number of carbonyl (C=O) groups is 5. The summed E-state index contributed by atoms with van der Waals surface area (Å²) in [6.45, 7) is 4.05. The number of hydrogen-bond acceptors (Lipinski definition) is 11. The fourth-order valence-corrected chi connectivity index (χ4v) is 4.01. The molecule has 3 rings (SSSR count). The highest BCUT2D eigenvalue weighted by atomic mass is 16.6. The number of nitrogens with two attached hydrogens (primary N) is 1. The Kier molecular flexibility index (Phi) is 12.2. The zero-order chi connectivity index (χ0) is 28.0. The molecule has 0 saturated carbocycles. The van der Waals surface area contributed by atoms with E-state index in [2.05, 4.69) is 16.0 Å². The predicted molar refractivity (Wildman–Crippen MR) is 137 cm³/mol. The first-order valence-corrected chi connectivity index (χ1v) is 12.8. The van der Waals surface area contributed by atoms with Crippen LogP contribution in [0, 0.1) is 0 Å². The van der Waals surface area contributed by atoms with E-state index < -0.39 is 29.7 Å². The van der Waals surface area contributed by atoms with E-state index in [0.29, 0.717) is 65.1 Å². The Hall–Kier alpha value is -3.43. The lowest BCUT2D eigenvalue weighted by Crippen LogP contribution is -2.54. The first-order chi connectivity index (χ1) is 18.9. The quantitative estimate of drug-likeness (QED) is 0.125. The van der Waals surface area contributed by atoms with E-state index >= 15 is 0 Å². The molecule has 5 amide bonds. The lowest BCUT2D eigenvalue weighted by Gasteiger charge is -2.27. The van der Waals surface area contributed by atoms with Gasteiger partial charge in [-0.1, -0.05) is 6.07 Å². The van der Waals surface area contributed by atoms with E-state index in [9.17, 15) is 24.0 Å². The average Bonchev–Trinajstić information content (AvgIpc) is 3.17. The summed E-state index contributed by atoms with van der Waals surface area (Å²) < 4.78 is 21.3. The summed E-state index contributed by atoms with van der Waals surface area (Å²) in [5, 5.41) is 7.74. The minimum absolute atomic E-state index is 0.0350. The molecule has 1 unspecified atom stereocenters. The van der Waals surface area contributed by atoms with Crippen molar-refractivity contribution in [2.45, 2.75) is 18.9 Å². The van der Waals surface area contributed by atoms with Gasteiger partial charge in [0.05, 0.1) is 70.5 Å². The van der Waals surface area contributed by atoms with Crippen LogP contribution in [0.5, 0.6) is 0 Å². The van der Waals surface area contributed by atoms with Crippen LogP contribution in [0.25, 0.3) is 0 Å². The van der Waals surface area contributed by atoms with E-state index in [0.717, 1.165) is 4.90 Å². The summed E-state index contributed by atoms with van der Waals surface area (Å²) in [7, 11) is 0. The average molecular weight is 550 g/mol. The summed E-state index contributed by atoms with van der Waals surface area (Å²) in [6, 6.07) is 3.59. The minimum atomic E-state index is -1.06. The lowest BCUT2D eigenvalue weighted by atomic mass is 10.0. The van der Waals surface area contributed by atoms with Gasteiger partial charge in [0.1, 0.15) is 6.04 Å². The summed E-state index contributed by atoms with van der Waals surface area (Å²) >= 11 is 0. The van der Waals surface area contributed by atoms with Crippen LogP contribution in [0.15, 0.2) is 18.2 Å². The monoisotopic (exact) mass is 549 g/mol. The number of carbonyl (C=O) groups excluding carboxylic acids is 5. The lowest BCUT2D eigenvalue weighted by molar-refractivity contribution is -0.136. The molecule has 1 saturated heterocycles. The molecule has 0 aromatic heterocycles. The van der Waals surface area contributed by atoms with Crippen LogP contribution in [0.2, 0.25) is 0 Å². The summed E-state index contributed by atoms with van der Waals surface area (Å²) in [5.41, 5.74) is 5.84. The number of ether oxygens (including phenoxy) is 4. The molecule has 2 heterocycles. The second-order valence-corrected chi connectivity index (χ2v) is 8.62. The third-order valence-electron chi connectivity index (χ3n) is 5.85. The highest BCUT2D eigenvalue weighted by Gasteiger charge is 2.45. The molecule has 1 aromatic carbocycles. The molecule has 1 fully saturated rings. The van der Waals surface area contributed by atoms with Gasteiger partial charge in [0.25, 0.3) is 11.8 Å². The SMILES string of the molecule is NCCOCCOCCOCCOCCNC(=O)CNc1cccc2c1C(=O)N(C1CCC(=O)NC1=O)C2=O. The van der Waals surface area contributed by atoms with Gasteiger partial charge in [0, 0.05) is 25.2 Å². The number of piperidine rings is 1. The van der Waals surface area contributed by atoms with Gasteiger partial charge in [-0.2, -0.15) is 0 Å². The van der Waals surface area contributed by atoms with Crippen LogP contribution in [0.3, 0.4) is 0 Å². The molecular formula is C25H35N5O9. The number of hydrogen-bond donors (Lipinski definition) is 4. The van der Waals surface area contributed by atoms with Gasteiger partial charge in [-0.25, -0.2) is 0 Å². The molecule has 5 N–H and O–H groups in total. The third-order valence-corrected chi connectivity index (χ3v) is 5.85. The number of nitrogens with zero attached hydrogens (tertiary/aromatic N) is 1. The number of benzene rings is 1. The van der Waals surface area contributed by atoms with Crippen molar-refractivity contribution in [1.82, 2.24) is 15.5 Å². The maximum Gasteiger partial charge on any atom is 0.264 e. The van der Waals surface area contributed by atoms with Crippen molar-refractivity contribution in [2.24, 2.45) is 5.73 Å². The highest BCUT2D eigenvalue weighted by Crippen LogP contribution is 2.32. The largest absolute Gasteiger partial charge is 0.378 e. The fraction of sp³-hybridized carbons (Fsp3) is 0.560. The van der Waals surface area contributed by atoms with E-state index in [1.165, 1.54) is 6.07 Å². The van der Waals surface area contributed by atoms with Crippen LogP contribution in [0.1, 0.15) is 33.6 Å². The van der Waals surface area contributed by atoms with Gasteiger partial charge < -0.3 is 35.3 Å². The number of anilines is 1. The summed E-state index contributed by atoms with van der Waals surface area (Å²) in [6.07, 6.45) is 0.100. The van der Waals surface area contributed by atoms with Crippen molar-refractivity contribution >= 4 is 35.2 Å². The van der Waals surface area contributed by atoms with Gasteiger partial charge >= 0.3 is 0 Å². The van der Waals surface area contributed by atoms with E-state index in [-0.39, 0.29) is 43.0 Å². The second-order valence-electron chi connectivity index (χ2n) is 8.62. The zero-order valence-electron chi connectivity index (χ0n) is 21.7. The van der Waals surface area contributed by atoms with E-state index in [1.807, 2.05) is 0 Å².